The van der Waals surface area contributed by atoms with Gasteiger partial charge in [-0.15, -0.1) is 0 Å². The van der Waals surface area contributed by atoms with Gasteiger partial charge in [-0.3, -0.25) is 19.2 Å². The van der Waals surface area contributed by atoms with Crippen molar-refractivity contribution in [3.63, 3.8) is 0 Å². The zero-order chi connectivity index (χ0) is 14.9. The van der Waals surface area contributed by atoms with Crippen molar-refractivity contribution in [2.75, 3.05) is 6.61 Å². The van der Waals surface area contributed by atoms with E-state index >= 15 is 0 Å². The van der Waals surface area contributed by atoms with E-state index in [0.29, 0.717) is 0 Å². The maximum absolute atomic E-state index is 12.0. The Morgan fingerprint density at radius 2 is 1.65 bits per heavy atom. The summed E-state index contributed by atoms with van der Waals surface area (Å²) in [6.45, 7) is 4.10. The van der Waals surface area contributed by atoms with Gasteiger partial charge in [0.15, 0.2) is 17.3 Å². The second-order valence-electron chi connectivity index (χ2n) is 6.17. The van der Waals surface area contributed by atoms with E-state index in [2.05, 4.69) is 0 Å². The Labute approximate surface area is 118 Å². The third-order valence-electron chi connectivity index (χ3n) is 3.70. The Hall–Kier alpha value is -1.52. The van der Waals surface area contributed by atoms with E-state index in [0.717, 1.165) is 12.8 Å². The highest BCUT2D eigenvalue weighted by Gasteiger charge is 2.46. The maximum atomic E-state index is 12.0. The predicted octanol–water partition coefficient (Wildman–Crippen LogP) is 1.33. The zero-order valence-corrected chi connectivity index (χ0v) is 11.9. The summed E-state index contributed by atoms with van der Waals surface area (Å²) < 4.78 is 5.07. The molecule has 110 valence electrons. The number of esters is 1. The predicted molar refractivity (Wildman–Crippen MR) is 69.8 cm³/mol. The molecule has 5 heteroatoms. The van der Waals surface area contributed by atoms with E-state index in [-0.39, 0.29) is 37.1 Å². The lowest BCUT2D eigenvalue weighted by atomic mass is 9.77. The van der Waals surface area contributed by atoms with Gasteiger partial charge in [0.25, 0.3) is 0 Å². The van der Waals surface area contributed by atoms with Crippen molar-refractivity contribution < 1.29 is 23.9 Å². The standard InChI is InChI=1S/C15H20O5/c1-8(2)7-20-15(19)10-5-11(16)13(12(17)6-10)14(18)9-3-4-9/h8-10,13H,3-7H2,1-2H3. The Kier molecular flexibility index (Phi) is 4.35. The molecular formula is C15H20O5. The van der Waals surface area contributed by atoms with Gasteiger partial charge < -0.3 is 4.74 Å². The quantitative estimate of drug-likeness (QED) is 0.561. The van der Waals surface area contributed by atoms with Gasteiger partial charge in [-0.2, -0.15) is 0 Å². The average Bonchev–Trinajstić information content (AvgIpc) is 3.18. The molecule has 2 aliphatic rings. The van der Waals surface area contributed by atoms with Crippen LogP contribution in [0.4, 0.5) is 0 Å². The molecule has 0 bridgehead atoms. The number of ketones is 3. The van der Waals surface area contributed by atoms with Gasteiger partial charge in [-0.25, -0.2) is 0 Å². The summed E-state index contributed by atoms with van der Waals surface area (Å²) in [7, 11) is 0. The van der Waals surface area contributed by atoms with Crippen LogP contribution in [0.15, 0.2) is 0 Å². The second-order valence-corrected chi connectivity index (χ2v) is 6.17. The van der Waals surface area contributed by atoms with E-state index in [1.807, 2.05) is 13.8 Å². The molecule has 0 amide bonds. The van der Waals surface area contributed by atoms with Crippen LogP contribution in [0.2, 0.25) is 0 Å². The number of carbonyl (C=O) groups is 4. The van der Waals surface area contributed by atoms with Gasteiger partial charge in [0, 0.05) is 18.8 Å². The van der Waals surface area contributed by atoms with Crippen LogP contribution in [-0.2, 0) is 23.9 Å². The van der Waals surface area contributed by atoms with Crippen LogP contribution in [-0.4, -0.2) is 29.9 Å². The topological polar surface area (TPSA) is 77.5 Å². The minimum absolute atomic E-state index is 0.0498. The molecule has 2 fully saturated rings. The van der Waals surface area contributed by atoms with E-state index in [1.54, 1.807) is 0 Å². The Morgan fingerprint density at radius 1 is 1.10 bits per heavy atom. The van der Waals surface area contributed by atoms with Crippen molar-refractivity contribution in [3.8, 4) is 0 Å². The smallest absolute Gasteiger partial charge is 0.309 e. The zero-order valence-electron chi connectivity index (χ0n) is 11.9. The van der Waals surface area contributed by atoms with Gasteiger partial charge in [0.2, 0.25) is 0 Å². The highest BCUT2D eigenvalue weighted by molar-refractivity contribution is 6.22. The SMILES string of the molecule is CC(C)COC(=O)C1CC(=O)C(C(=O)C2CC2)C(=O)C1. The van der Waals surface area contributed by atoms with Gasteiger partial charge in [-0.05, 0) is 18.8 Å². The molecule has 0 aromatic carbocycles. The van der Waals surface area contributed by atoms with Crippen LogP contribution < -0.4 is 0 Å². The second kappa shape index (κ2) is 5.85. The third-order valence-corrected chi connectivity index (χ3v) is 3.70. The molecule has 5 nitrogen and oxygen atoms in total. The van der Waals surface area contributed by atoms with Crippen molar-refractivity contribution in [1.82, 2.24) is 0 Å². The number of carbonyl (C=O) groups excluding carboxylic acids is 4. The van der Waals surface area contributed by atoms with Crippen molar-refractivity contribution in [2.24, 2.45) is 23.7 Å². The molecule has 0 saturated heterocycles. The van der Waals surface area contributed by atoms with Gasteiger partial charge in [-0.1, -0.05) is 13.8 Å². The number of Topliss-reactive ketones (excluding diaryl/α,β-unsaturated/α-hetero) is 3. The minimum Gasteiger partial charge on any atom is -0.465 e. The number of hydrogen-bond acceptors (Lipinski definition) is 5. The normalized spacial score (nSPS) is 26.8. The highest BCUT2D eigenvalue weighted by Crippen LogP contribution is 2.36. The molecule has 2 saturated carbocycles. The van der Waals surface area contributed by atoms with Crippen molar-refractivity contribution in [2.45, 2.75) is 39.5 Å². The van der Waals surface area contributed by atoms with Crippen molar-refractivity contribution in [1.29, 1.82) is 0 Å². The largest absolute Gasteiger partial charge is 0.465 e. The summed E-state index contributed by atoms with van der Waals surface area (Å²) >= 11 is 0. The molecular weight excluding hydrogens is 260 g/mol. The van der Waals surface area contributed by atoms with Crippen LogP contribution in [0.5, 0.6) is 0 Å². The number of ether oxygens (including phenoxy) is 1. The Bertz CT molecular complexity index is 429. The van der Waals surface area contributed by atoms with Crippen LogP contribution in [0.3, 0.4) is 0 Å². The van der Waals surface area contributed by atoms with Crippen LogP contribution >= 0.6 is 0 Å². The lowest BCUT2D eigenvalue weighted by Crippen LogP contribution is -2.42. The van der Waals surface area contributed by atoms with Crippen molar-refractivity contribution >= 4 is 23.3 Å². The molecule has 0 aromatic rings. The highest BCUT2D eigenvalue weighted by atomic mass is 16.5. The molecule has 0 unspecified atom stereocenters. The summed E-state index contributed by atoms with van der Waals surface area (Å²) in [4.78, 5) is 47.7. The molecule has 0 radical (unpaired) electrons. The van der Waals surface area contributed by atoms with Crippen LogP contribution in [0, 0.1) is 23.7 Å². The molecule has 20 heavy (non-hydrogen) atoms. The molecule has 2 rings (SSSR count). The fraction of sp³-hybridized carbons (Fsp3) is 0.733. The summed E-state index contributed by atoms with van der Waals surface area (Å²) in [6, 6.07) is 0. The number of rotatable bonds is 5. The summed E-state index contributed by atoms with van der Waals surface area (Å²) in [6.07, 6.45) is 1.45. The van der Waals surface area contributed by atoms with Gasteiger partial charge >= 0.3 is 5.97 Å². The molecule has 0 N–H and O–H groups in total. The molecule has 0 heterocycles. The van der Waals surface area contributed by atoms with E-state index in [1.165, 1.54) is 0 Å². The lowest BCUT2D eigenvalue weighted by Gasteiger charge is -2.24. The molecule has 0 aromatic heterocycles. The Balaban J connectivity index is 1.95. The van der Waals surface area contributed by atoms with E-state index in [9.17, 15) is 19.2 Å². The monoisotopic (exact) mass is 280 g/mol. The maximum Gasteiger partial charge on any atom is 0.309 e. The first-order valence-corrected chi connectivity index (χ1v) is 7.16. The third kappa shape index (κ3) is 3.32. The summed E-state index contributed by atoms with van der Waals surface area (Å²) in [5.74, 6) is -3.30. The summed E-state index contributed by atoms with van der Waals surface area (Å²) in [5.41, 5.74) is 0. The van der Waals surface area contributed by atoms with Gasteiger partial charge in [0.1, 0.15) is 5.92 Å². The first-order valence-electron chi connectivity index (χ1n) is 7.16. The summed E-state index contributed by atoms with van der Waals surface area (Å²) in [5, 5.41) is 0. The fourth-order valence-electron chi connectivity index (χ4n) is 2.43. The van der Waals surface area contributed by atoms with E-state index in [4.69, 9.17) is 4.74 Å². The molecule has 0 aliphatic heterocycles. The first-order chi connectivity index (χ1) is 9.40. The van der Waals surface area contributed by atoms with Gasteiger partial charge in [0.05, 0.1) is 12.5 Å². The molecule has 2 aliphatic carbocycles. The Morgan fingerprint density at radius 3 is 2.10 bits per heavy atom. The lowest BCUT2D eigenvalue weighted by molar-refractivity contribution is -0.157. The first kappa shape index (κ1) is 14.9. The van der Waals surface area contributed by atoms with E-state index < -0.39 is 29.4 Å². The number of hydrogen-bond donors (Lipinski definition) is 0. The fourth-order valence-corrected chi connectivity index (χ4v) is 2.43. The molecule has 0 atom stereocenters. The van der Waals surface area contributed by atoms with Crippen LogP contribution in [0.25, 0.3) is 0 Å². The van der Waals surface area contributed by atoms with Crippen LogP contribution in [0.1, 0.15) is 39.5 Å². The van der Waals surface area contributed by atoms with Crippen molar-refractivity contribution in [3.05, 3.63) is 0 Å². The molecule has 0 spiro atoms. The minimum atomic E-state index is -1.11. The average molecular weight is 280 g/mol.